The molecule has 0 aliphatic heterocycles. The quantitative estimate of drug-likeness (QED) is 0.434. The fraction of sp³-hybridized carbons (Fsp3) is 0.417. The molecular formula is C12H19IN2O3. The van der Waals surface area contributed by atoms with E-state index in [1.54, 1.807) is 0 Å². The van der Waals surface area contributed by atoms with Crippen molar-refractivity contribution >= 4 is 11.6 Å². The van der Waals surface area contributed by atoms with Crippen LogP contribution in [0, 0.1) is 0 Å². The number of phenols is 2. The average molecular weight is 366 g/mol. The van der Waals surface area contributed by atoms with Crippen LogP contribution in [0.25, 0.3) is 0 Å². The predicted molar refractivity (Wildman–Crippen MR) is 65.9 cm³/mol. The van der Waals surface area contributed by atoms with E-state index in [0.29, 0.717) is 10.2 Å². The first-order valence-corrected chi connectivity index (χ1v) is 5.35. The Hall–Kier alpha value is -1.02. The summed E-state index contributed by atoms with van der Waals surface area (Å²) in [6.07, 6.45) is 0. The van der Waals surface area contributed by atoms with Gasteiger partial charge in [0.1, 0.15) is 11.5 Å². The van der Waals surface area contributed by atoms with Gasteiger partial charge in [-0.25, -0.2) is 0 Å². The molecule has 3 N–H and O–H groups in total. The summed E-state index contributed by atoms with van der Waals surface area (Å²) in [6, 6.07) is 3.75. The molecule has 1 atom stereocenters. The highest BCUT2D eigenvalue weighted by atomic mass is 127. The van der Waals surface area contributed by atoms with Gasteiger partial charge in [-0.2, -0.15) is 0 Å². The Balaban J connectivity index is 0.00000289. The van der Waals surface area contributed by atoms with Crippen LogP contribution in [0.4, 0.5) is 5.69 Å². The predicted octanol–water partition coefficient (Wildman–Crippen LogP) is -1.86. The number of amides is 1. The molecule has 0 spiro atoms. The van der Waals surface area contributed by atoms with Gasteiger partial charge in [-0.05, 0) is 6.92 Å². The second-order valence-electron chi connectivity index (χ2n) is 5.02. The molecule has 18 heavy (non-hydrogen) atoms. The zero-order valence-electron chi connectivity index (χ0n) is 10.9. The lowest BCUT2D eigenvalue weighted by atomic mass is 10.2. The second kappa shape index (κ2) is 6.24. The molecule has 1 unspecified atom stereocenters. The Labute approximate surface area is 124 Å². The van der Waals surface area contributed by atoms with Crippen LogP contribution in [0.5, 0.6) is 11.5 Å². The summed E-state index contributed by atoms with van der Waals surface area (Å²) >= 11 is 0. The minimum absolute atomic E-state index is 0. The molecule has 1 aromatic carbocycles. The summed E-state index contributed by atoms with van der Waals surface area (Å²) in [7, 11) is 5.76. The number of benzene rings is 1. The van der Waals surface area contributed by atoms with Crippen LogP contribution in [0.2, 0.25) is 0 Å². The van der Waals surface area contributed by atoms with Crippen LogP contribution in [0.15, 0.2) is 18.2 Å². The number of nitrogens with one attached hydrogen (secondary N) is 1. The van der Waals surface area contributed by atoms with Gasteiger partial charge >= 0.3 is 0 Å². The maximum atomic E-state index is 11.9. The Morgan fingerprint density at radius 2 is 1.61 bits per heavy atom. The number of carbonyl (C=O) groups excluding carboxylic acids is 1. The fourth-order valence-electron chi connectivity index (χ4n) is 1.27. The number of rotatable bonds is 3. The molecule has 1 amide bonds. The van der Waals surface area contributed by atoms with E-state index in [9.17, 15) is 15.0 Å². The normalized spacial score (nSPS) is 12.4. The summed E-state index contributed by atoms with van der Waals surface area (Å²) in [6.45, 7) is 1.82. The van der Waals surface area contributed by atoms with Gasteiger partial charge in [0, 0.05) is 23.9 Å². The molecule has 5 nitrogen and oxygen atoms in total. The van der Waals surface area contributed by atoms with Crippen molar-refractivity contribution in [1.29, 1.82) is 0 Å². The maximum Gasteiger partial charge on any atom is 0.282 e. The molecule has 0 fully saturated rings. The number of phenolic OH excluding ortho intramolecular Hbond substituents is 2. The first-order chi connectivity index (χ1) is 7.70. The number of anilines is 1. The van der Waals surface area contributed by atoms with Crippen LogP contribution < -0.4 is 29.3 Å². The highest BCUT2D eigenvalue weighted by Crippen LogP contribution is 2.24. The van der Waals surface area contributed by atoms with Crippen molar-refractivity contribution in [2.45, 2.75) is 13.0 Å². The van der Waals surface area contributed by atoms with E-state index in [-0.39, 0.29) is 47.4 Å². The van der Waals surface area contributed by atoms with Gasteiger partial charge in [-0.3, -0.25) is 4.79 Å². The van der Waals surface area contributed by atoms with E-state index in [1.807, 2.05) is 28.1 Å². The molecule has 0 aliphatic rings. The van der Waals surface area contributed by atoms with Gasteiger partial charge in [-0.1, -0.05) is 0 Å². The summed E-state index contributed by atoms with van der Waals surface area (Å²) in [5.74, 6) is -0.334. The summed E-state index contributed by atoms with van der Waals surface area (Å²) in [4.78, 5) is 11.9. The van der Waals surface area contributed by atoms with Gasteiger partial charge in [0.2, 0.25) is 0 Å². The number of likely N-dealkylation sites (N-methyl/N-ethyl adjacent to an activating group) is 1. The SMILES string of the molecule is CC(C(=O)Nc1cc(O)cc(O)c1)[N+](C)(C)C.[I-]. The molecule has 0 aliphatic carbocycles. The van der Waals surface area contributed by atoms with Crippen LogP contribution >= 0.6 is 0 Å². The van der Waals surface area contributed by atoms with E-state index in [1.165, 1.54) is 18.2 Å². The number of halogens is 1. The van der Waals surface area contributed by atoms with E-state index < -0.39 is 0 Å². The molecule has 1 rings (SSSR count). The highest BCUT2D eigenvalue weighted by Gasteiger charge is 2.26. The molecule has 0 heterocycles. The molecule has 0 saturated carbocycles. The Morgan fingerprint density at radius 3 is 2.00 bits per heavy atom. The molecular weight excluding hydrogens is 347 g/mol. The number of hydrogen-bond donors (Lipinski definition) is 3. The number of carbonyl (C=O) groups is 1. The molecule has 102 valence electrons. The van der Waals surface area contributed by atoms with Gasteiger partial charge in [0.25, 0.3) is 5.91 Å². The zero-order chi connectivity index (χ0) is 13.2. The van der Waals surface area contributed by atoms with Gasteiger partial charge in [0.05, 0.1) is 21.1 Å². The number of nitrogens with zero attached hydrogens (tertiary/aromatic N) is 1. The second-order valence-corrected chi connectivity index (χ2v) is 5.02. The molecule has 0 radical (unpaired) electrons. The molecule has 6 heteroatoms. The fourth-order valence-corrected chi connectivity index (χ4v) is 1.27. The van der Waals surface area contributed by atoms with Crippen LogP contribution in [0.1, 0.15) is 6.92 Å². The highest BCUT2D eigenvalue weighted by molar-refractivity contribution is 5.94. The summed E-state index contributed by atoms with van der Waals surface area (Å²) in [5, 5.41) is 21.2. The topological polar surface area (TPSA) is 69.6 Å². The number of hydrogen-bond acceptors (Lipinski definition) is 3. The summed E-state index contributed by atoms with van der Waals surface area (Å²) < 4.78 is 0.497. The van der Waals surface area contributed by atoms with Crippen molar-refractivity contribution in [3.05, 3.63) is 18.2 Å². The average Bonchev–Trinajstić information content (AvgIpc) is 2.13. The third kappa shape index (κ3) is 4.69. The lowest BCUT2D eigenvalue weighted by Gasteiger charge is -2.30. The minimum Gasteiger partial charge on any atom is -1.00 e. The molecule has 0 saturated heterocycles. The lowest BCUT2D eigenvalue weighted by Crippen LogP contribution is -3.00. The summed E-state index contributed by atoms with van der Waals surface area (Å²) in [5.41, 5.74) is 0.382. The Bertz CT molecular complexity index is 410. The van der Waals surface area contributed by atoms with Gasteiger partial charge in [0.15, 0.2) is 6.04 Å². The molecule has 1 aromatic rings. The minimum atomic E-state index is -0.237. The smallest absolute Gasteiger partial charge is 0.282 e. The van der Waals surface area contributed by atoms with Gasteiger partial charge < -0.3 is 44.0 Å². The first kappa shape index (κ1) is 17.0. The molecule has 0 bridgehead atoms. The monoisotopic (exact) mass is 366 g/mol. The van der Waals surface area contributed by atoms with E-state index >= 15 is 0 Å². The number of quaternary nitrogens is 1. The standard InChI is InChI=1S/C12H18N2O3.HI/c1-8(14(2,3)4)12(17)13-9-5-10(15)7-11(16)6-9;/h5-8H,1-4H3,(H2-,13,15,16,17);1H. The third-order valence-electron chi connectivity index (χ3n) is 2.71. The third-order valence-corrected chi connectivity index (χ3v) is 2.71. The zero-order valence-corrected chi connectivity index (χ0v) is 13.1. The Kier molecular flexibility index (Phi) is 5.88. The number of aromatic hydroxyl groups is 2. The van der Waals surface area contributed by atoms with Crippen molar-refractivity contribution in [3.63, 3.8) is 0 Å². The van der Waals surface area contributed by atoms with Crippen molar-refractivity contribution in [2.75, 3.05) is 26.5 Å². The van der Waals surface area contributed by atoms with E-state index in [2.05, 4.69) is 5.32 Å². The molecule has 0 aromatic heterocycles. The van der Waals surface area contributed by atoms with Crippen molar-refractivity contribution < 1.29 is 43.5 Å². The van der Waals surface area contributed by atoms with Gasteiger partial charge in [-0.15, -0.1) is 0 Å². The van der Waals surface area contributed by atoms with Crippen molar-refractivity contribution in [3.8, 4) is 11.5 Å². The first-order valence-electron chi connectivity index (χ1n) is 5.35. The van der Waals surface area contributed by atoms with Crippen LogP contribution in [-0.2, 0) is 4.79 Å². The Morgan fingerprint density at radius 1 is 1.17 bits per heavy atom. The van der Waals surface area contributed by atoms with E-state index in [4.69, 9.17) is 0 Å². The van der Waals surface area contributed by atoms with Crippen molar-refractivity contribution in [2.24, 2.45) is 0 Å². The largest absolute Gasteiger partial charge is 1.00 e. The van der Waals surface area contributed by atoms with Crippen LogP contribution in [-0.4, -0.2) is 47.8 Å². The lowest BCUT2D eigenvalue weighted by molar-refractivity contribution is -0.884. The maximum absolute atomic E-state index is 11.9. The van der Waals surface area contributed by atoms with E-state index in [0.717, 1.165) is 0 Å². The van der Waals surface area contributed by atoms with Crippen LogP contribution in [0.3, 0.4) is 0 Å². The van der Waals surface area contributed by atoms with Crippen molar-refractivity contribution in [1.82, 2.24) is 0 Å².